The zero-order valence-corrected chi connectivity index (χ0v) is 9.86. The molecule has 2 aromatic heterocycles. The van der Waals surface area contributed by atoms with E-state index in [1.807, 2.05) is 6.92 Å². The monoisotopic (exact) mass is 250 g/mol. The number of hydrogen-bond donors (Lipinski definition) is 2. The van der Waals surface area contributed by atoms with Gasteiger partial charge in [-0.1, -0.05) is 11.3 Å². The van der Waals surface area contributed by atoms with Gasteiger partial charge >= 0.3 is 5.97 Å². The van der Waals surface area contributed by atoms with E-state index in [4.69, 9.17) is 5.11 Å². The quantitative estimate of drug-likeness (QED) is 0.856. The maximum atomic E-state index is 10.6. The number of pyridine rings is 1. The topological polar surface area (TPSA) is 88.0 Å². The lowest BCUT2D eigenvalue weighted by Crippen LogP contribution is -2.03. The molecule has 2 rings (SSSR count). The van der Waals surface area contributed by atoms with Crippen LogP contribution in [0.3, 0.4) is 0 Å². The van der Waals surface area contributed by atoms with E-state index in [9.17, 15) is 4.79 Å². The Bertz CT molecular complexity index is 523. The zero-order chi connectivity index (χ0) is 12.3. The summed E-state index contributed by atoms with van der Waals surface area (Å²) in [6.45, 7) is 2.42. The summed E-state index contributed by atoms with van der Waals surface area (Å²) in [5.41, 5.74) is 0.169. The maximum Gasteiger partial charge on any atom is 0.337 e. The minimum Gasteiger partial charge on any atom is -0.478 e. The van der Waals surface area contributed by atoms with Gasteiger partial charge in [-0.25, -0.2) is 9.78 Å². The minimum atomic E-state index is -0.983. The molecule has 2 aromatic rings. The Kier molecular flexibility index (Phi) is 3.29. The summed E-state index contributed by atoms with van der Waals surface area (Å²) in [6, 6.07) is 3.13. The number of aromatic carboxylic acids is 1. The lowest BCUT2D eigenvalue weighted by atomic mass is 10.3. The average molecular weight is 250 g/mol. The maximum absolute atomic E-state index is 10.6. The fourth-order valence-electron chi connectivity index (χ4n) is 1.20. The lowest BCUT2D eigenvalue weighted by Gasteiger charge is -2.02. The lowest BCUT2D eigenvalue weighted by molar-refractivity contribution is 0.0696. The second-order valence-corrected chi connectivity index (χ2v) is 4.57. The van der Waals surface area contributed by atoms with E-state index in [1.54, 1.807) is 6.07 Å². The van der Waals surface area contributed by atoms with Crippen molar-refractivity contribution >= 4 is 23.1 Å². The number of aryl methyl sites for hydroxylation is 1. The number of anilines is 1. The van der Waals surface area contributed by atoms with Crippen molar-refractivity contribution in [2.24, 2.45) is 0 Å². The van der Waals surface area contributed by atoms with Crippen molar-refractivity contribution < 1.29 is 9.90 Å². The van der Waals surface area contributed by atoms with Crippen LogP contribution in [0.15, 0.2) is 18.3 Å². The standard InChI is InChI=1S/C10H10N4O2S/c1-6-13-14-9(17-6)5-12-8-3-2-7(4-11-8)10(15)16/h2-4H,5H2,1H3,(H,11,12)(H,15,16). The average Bonchev–Trinajstić information content (AvgIpc) is 2.73. The molecule has 7 heteroatoms. The van der Waals surface area contributed by atoms with Crippen LogP contribution in [-0.4, -0.2) is 26.3 Å². The molecule has 0 saturated heterocycles. The Hall–Kier alpha value is -2.02. The summed E-state index contributed by atoms with van der Waals surface area (Å²) >= 11 is 1.51. The van der Waals surface area contributed by atoms with E-state index in [0.29, 0.717) is 12.4 Å². The van der Waals surface area contributed by atoms with Crippen molar-refractivity contribution in [3.8, 4) is 0 Å². The van der Waals surface area contributed by atoms with Gasteiger partial charge in [0.25, 0.3) is 0 Å². The van der Waals surface area contributed by atoms with Gasteiger partial charge in [0.05, 0.1) is 12.1 Å². The van der Waals surface area contributed by atoms with Crippen molar-refractivity contribution in [3.63, 3.8) is 0 Å². The molecule has 0 spiro atoms. The van der Waals surface area contributed by atoms with E-state index < -0.39 is 5.97 Å². The van der Waals surface area contributed by atoms with Crippen molar-refractivity contribution in [1.82, 2.24) is 15.2 Å². The Morgan fingerprint density at radius 3 is 2.82 bits per heavy atom. The highest BCUT2D eigenvalue weighted by Gasteiger charge is 2.04. The summed E-state index contributed by atoms with van der Waals surface area (Å²) in [5, 5.41) is 21.4. The van der Waals surface area contributed by atoms with Gasteiger partial charge in [-0.05, 0) is 19.1 Å². The van der Waals surface area contributed by atoms with E-state index in [1.165, 1.54) is 23.6 Å². The van der Waals surface area contributed by atoms with Crippen LogP contribution in [0.1, 0.15) is 20.4 Å². The molecule has 0 bridgehead atoms. The van der Waals surface area contributed by atoms with Crippen molar-refractivity contribution in [1.29, 1.82) is 0 Å². The fourth-order valence-corrected chi connectivity index (χ4v) is 1.85. The number of rotatable bonds is 4. The minimum absolute atomic E-state index is 0.169. The fraction of sp³-hybridized carbons (Fsp3) is 0.200. The van der Waals surface area contributed by atoms with Crippen LogP contribution in [0.25, 0.3) is 0 Å². The summed E-state index contributed by atoms with van der Waals surface area (Å²) in [4.78, 5) is 14.6. The second-order valence-electron chi connectivity index (χ2n) is 3.31. The predicted molar refractivity (Wildman–Crippen MR) is 63.2 cm³/mol. The molecule has 0 aliphatic carbocycles. The molecule has 88 valence electrons. The molecule has 0 unspecified atom stereocenters. The summed E-state index contributed by atoms with van der Waals surface area (Å²) < 4.78 is 0. The van der Waals surface area contributed by atoms with Crippen molar-refractivity contribution in [2.45, 2.75) is 13.5 Å². The zero-order valence-electron chi connectivity index (χ0n) is 9.04. The molecule has 2 heterocycles. The number of carboxylic acids is 1. The number of aromatic nitrogens is 3. The highest BCUT2D eigenvalue weighted by molar-refractivity contribution is 7.11. The molecule has 0 atom stereocenters. The molecule has 0 aliphatic heterocycles. The third-order valence-corrected chi connectivity index (χ3v) is 2.84. The van der Waals surface area contributed by atoms with E-state index >= 15 is 0 Å². The van der Waals surface area contributed by atoms with Crippen LogP contribution in [0.2, 0.25) is 0 Å². The van der Waals surface area contributed by atoms with Crippen LogP contribution in [0.4, 0.5) is 5.82 Å². The summed E-state index contributed by atoms with van der Waals surface area (Å²) in [6.07, 6.45) is 1.32. The SMILES string of the molecule is Cc1nnc(CNc2ccc(C(=O)O)cn2)s1. The van der Waals surface area contributed by atoms with E-state index in [-0.39, 0.29) is 5.56 Å². The van der Waals surface area contributed by atoms with Crippen LogP contribution < -0.4 is 5.32 Å². The smallest absolute Gasteiger partial charge is 0.337 e. The van der Waals surface area contributed by atoms with Crippen LogP contribution in [-0.2, 0) is 6.54 Å². The molecule has 0 radical (unpaired) electrons. The Labute approximate surface area is 101 Å². The van der Waals surface area contributed by atoms with Gasteiger partial charge in [0.2, 0.25) is 0 Å². The summed E-state index contributed by atoms with van der Waals surface area (Å²) in [7, 11) is 0. The third-order valence-electron chi connectivity index (χ3n) is 2.00. The van der Waals surface area contributed by atoms with Crippen LogP contribution >= 0.6 is 11.3 Å². The number of nitrogens with zero attached hydrogens (tertiary/aromatic N) is 3. The van der Waals surface area contributed by atoms with Crippen LogP contribution in [0, 0.1) is 6.92 Å². The first kappa shape index (κ1) is 11.5. The number of carboxylic acid groups (broad SMARTS) is 1. The first-order valence-corrected chi connectivity index (χ1v) is 5.69. The van der Waals surface area contributed by atoms with Crippen molar-refractivity contribution in [3.05, 3.63) is 33.9 Å². The molecule has 0 amide bonds. The van der Waals surface area contributed by atoms with Gasteiger partial charge < -0.3 is 10.4 Å². The van der Waals surface area contributed by atoms with Gasteiger partial charge in [0.15, 0.2) is 0 Å². The number of hydrogen-bond acceptors (Lipinski definition) is 6. The highest BCUT2D eigenvalue weighted by atomic mass is 32.1. The molecular formula is C10H10N4O2S. The largest absolute Gasteiger partial charge is 0.478 e. The Morgan fingerprint density at radius 1 is 1.47 bits per heavy atom. The van der Waals surface area contributed by atoms with E-state index in [0.717, 1.165) is 10.0 Å². The van der Waals surface area contributed by atoms with Gasteiger partial charge in [0, 0.05) is 6.20 Å². The van der Waals surface area contributed by atoms with Gasteiger partial charge in [-0.15, -0.1) is 10.2 Å². The highest BCUT2D eigenvalue weighted by Crippen LogP contribution is 2.11. The molecule has 2 N–H and O–H groups in total. The first-order chi connectivity index (χ1) is 8.15. The Balaban J connectivity index is 1.97. The Morgan fingerprint density at radius 2 is 2.29 bits per heavy atom. The van der Waals surface area contributed by atoms with E-state index in [2.05, 4.69) is 20.5 Å². The number of carbonyl (C=O) groups is 1. The van der Waals surface area contributed by atoms with Gasteiger partial charge in [0.1, 0.15) is 15.8 Å². The van der Waals surface area contributed by atoms with Crippen molar-refractivity contribution in [2.75, 3.05) is 5.32 Å². The molecule has 17 heavy (non-hydrogen) atoms. The van der Waals surface area contributed by atoms with Gasteiger partial charge in [-0.3, -0.25) is 0 Å². The predicted octanol–water partition coefficient (Wildman–Crippen LogP) is 1.55. The van der Waals surface area contributed by atoms with Crippen LogP contribution in [0.5, 0.6) is 0 Å². The molecule has 0 aliphatic rings. The molecule has 0 fully saturated rings. The number of nitrogens with one attached hydrogen (secondary N) is 1. The second kappa shape index (κ2) is 4.88. The third kappa shape index (κ3) is 2.97. The molecule has 6 nitrogen and oxygen atoms in total. The first-order valence-electron chi connectivity index (χ1n) is 4.87. The summed E-state index contributed by atoms with van der Waals surface area (Å²) in [5.74, 6) is -0.369. The molecule has 0 aromatic carbocycles. The molecule has 0 saturated carbocycles. The molecular weight excluding hydrogens is 240 g/mol. The normalized spacial score (nSPS) is 10.2. The van der Waals surface area contributed by atoms with Gasteiger partial charge in [-0.2, -0.15) is 0 Å².